The molecule has 4 bridgehead atoms. The fourth-order valence-corrected chi connectivity index (χ4v) is 5.01. The van der Waals surface area contributed by atoms with Crippen LogP contribution in [0.4, 0.5) is 18.0 Å². The van der Waals surface area contributed by atoms with Gasteiger partial charge in [-0.25, -0.2) is 36.1 Å². The molecular weight excluding hydrogens is 473 g/mol. The van der Waals surface area contributed by atoms with Crippen molar-refractivity contribution in [3.63, 3.8) is 0 Å². The Balaban J connectivity index is 1.84. The quantitative estimate of drug-likeness (QED) is 0.677. The first-order valence-corrected chi connectivity index (χ1v) is 12.4. The Morgan fingerprint density at radius 1 is 1.29 bits per heavy atom. The third-order valence-electron chi connectivity index (χ3n) is 6.10. The zero-order valence-electron chi connectivity index (χ0n) is 18.8. The molecule has 3 heterocycles. The lowest BCUT2D eigenvalue weighted by Gasteiger charge is -2.29. The maximum Gasteiger partial charge on any atom is 0.318 e. The van der Waals surface area contributed by atoms with Gasteiger partial charge in [0, 0.05) is 5.56 Å². The Bertz CT molecular complexity index is 1220. The monoisotopic (exact) mass is 498 g/mol. The lowest BCUT2D eigenvalue weighted by atomic mass is 9.98. The number of hydrogen-bond acceptors (Lipinski definition) is 5. The topological polar surface area (TPSA) is 101 Å². The van der Waals surface area contributed by atoms with Crippen LogP contribution >= 0.6 is 0 Å². The second-order valence-corrected chi connectivity index (χ2v) is 10.6. The van der Waals surface area contributed by atoms with Crippen LogP contribution in [0.3, 0.4) is 0 Å². The molecule has 34 heavy (non-hydrogen) atoms. The normalized spacial score (nSPS) is 24.2. The maximum absolute atomic E-state index is 15.4. The van der Waals surface area contributed by atoms with Crippen molar-refractivity contribution in [2.75, 3.05) is 12.3 Å². The Hall–Kier alpha value is -2.86. The van der Waals surface area contributed by atoms with Gasteiger partial charge in [-0.1, -0.05) is 18.2 Å². The number of aryl methyl sites for hydroxylation is 1. The Morgan fingerprint density at radius 3 is 2.74 bits per heavy atom. The summed E-state index contributed by atoms with van der Waals surface area (Å²) in [6, 6.07) is 2.80. The molecule has 184 valence electrons. The van der Waals surface area contributed by atoms with Crippen LogP contribution in [-0.4, -0.2) is 54.6 Å². The number of halogens is 3. The summed E-state index contributed by atoms with van der Waals surface area (Å²) >= 11 is 0. The van der Waals surface area contributed by atoms with Crippen molar-refractivity contribution in [2.45, 2.75) is 51.2 Å². The van der Waals surface area contributed by atoms with Gasteiger partial charge in [0.25, 0.3) is 5.92 Å². The van der Waals surface area contributed by atoms with E-state index in [-0.39, 0.29) is 23.6 Å². The number of amides is 2. The number of benzene rings is 1. The molecule has 2 N–H and O–H groups in total. The number of ether oxygens (including phenoxy) is 1. The summed E-state index contributed by atoms with van der Waals surface area (Å²) < 4.78 is 77.6. The van der Waals surface area contributed by atoms with Gasteiger partial charge in [0.2, 0.25) is 15.9 Å². The number of nitrogens with zero attached hydrogens (tertiary/aromatic N) is 2. The molecule has 3 atom stereocenters. The first kappa shape index (κ1) is 24.3. The fourth-order valence-electron chi connectivity index (χ4n) is 4.13. The van der Waals surface area contributed by atoms with Crippen LogP contribution in [0.2, 0.25) is 0 Å². The minimum Gasteiger partial charge on any atom is -0.436 e. The Morgan fingerprint density at radius 2 is 2.03 bits per heavy atom. The second-order valence-electron chi connectivity index (χ2n) is 8.52. The van der Waals surface area contributed by atoms with Gasteiger partial charge in [0.1, 0.15) is 6.04 Å². The number of urea groups is 1. The minimum atomic E-state index is -4.05. The molecule has 12 heteroatoms. The third kappa shape index (κ3) is 4.56. The molecule has 2 aliphatic heterocycles. The van der Waals surface area contributed by atoms with Crippen LogP contribution in [0.15, 0.2) is 30.3 Å². The summed E-state index contributed by atoms with van der Waals surface area (Å²) in [5, 5.41) is 2.64. The van der Waals surface area contributed by atoms with Gasteiger partial charge in [-0.05, 0) is 44.9 Å². The van der Waals surface area contributed by atoms with E-state index in [1.165, 1.54) is 25.1 Å². The highest BCUT2D eigenvalue weighted by Gasteiger charge is 2.57. The summed E-state index contributed by atoms with van der Waals surface area (Å²) in [6.07, 6.45) is -0.360. The lowest BCUT2D eigenvalue weighted by Crippen LogP contribution is -2.53. The van der Waals surface area contributed by atoms with E-state index in [9.17, 15) is 13.2 Å². The number of alkyl halides is 2. The number of sulfonamides is 1. The predicted molar refractivity (Wildman–Crippen MR) is 118 cm³/mol. The van der Waals surface area contributed by atoms with Crippen molar-refractivity contribution in [1.29, 1.82) is 0 Å². The lowest BCUT2D eigenvalue weighted by molar-refractivity contribution is -0.00460. The molecule has 0 aliphatic carbocycles. The first-order valence-electron chi connectivity index (χ1n) is 10.8. The van der Waals surface area contributed by atoms with Gasteiger partial charge >= 0.3 is 6.03 Å². The van der Waals surface area contributed by atoms with Gasteiger partial charge in [0.05, 0.1) is 30.1 Å². The van der Waals surface area contributed by atoms with Crippen molar-refractivity contribution in [3.05, 3.63) is 53.0 Å². The molecule has 1 fully saturated rings. The van der Waals surface area contributed by atoms with E-state index in [0.717, 1.165) is 4.90 Å². The standard InChI is InChI=1S/C22H25F3N4O4S/c1-4-34(31,32)28-19-16-10-14-6-5-7-17(18(14)23)33-20-12(2)8-9-15(27-20)13(3)26-21(30)29(16)11-22(19,24)25/h5-9,13,16,19,28H,4,10-11H2,1-3H3,(H,26,30)/t13?,16-,19+/m0/s1. The number of fused-ring (bicyclic) bond motifs is 5. The van der Waals surface area contributed by atoms with Crippen LogP contribution in [0.1, 0.15) is 36.7 Å². The van der Waals surface area contributed by atoms with Crippen molar-refractivity contribution in [2.24, 2.45) is 0 Å². The highest BCUT2D eigenvalue weighted by atomic mass is 32.2. The first-order chi connectivity index (χ1) is 15.9. The zero-order valence-corrected chi connectivity index (χ0v) is 19.6. The molecule has 0 spiro atoms. The summed E-state index contributed by atoms with van der Waals surface area (Å²) in [7, 11) is -4.05. The van der Waals surface area contributed by atoms with Crippen molar-refractivity contribution >= 4 is 16.1 Å². The molecule has 0 saturated carbocycles. The molecule has 8 nitrogen and oxygen atoms in total. The van der Waals surface area contributed by atoms with E-state index >= 15 is 13.2 Å². The Labute approximate surface area is 195 Å². The molecule has 2 aliphatic rings. The number of hydrogen-bond donors (Lipinski definition) is 2. The largest absolute Gasteiger partial charge is 0.436 e. The zero-order chi connectivity index (χ0) is 24.8. The van der Waals surface area contributed by atoms with Gasteiger partial charge < -0.3 is 15.0 Å². The van der Waals surface area contributed by atoms with Crippen LogP contribution < -0.4 is 14.8 Å². The van der Waals surface area contributed by atoms with Crippen LogP contribution in [0.5, 0.6) is 11.6 Å². The number of rotatable bonds is 3. The molecule has 2 aromatic rings. The summed E-state index contributed by atoms with van der Waals surface area (Å²) in [6.45, 7) is 3.64. The van der Waals surface area contributed by atoms with Gasteiger partial charge in [-0.2, -0.15) is 0 Å². The van der Waals surface area contributed by atoms with E-state index in [2.05, 4.69) is 10.3 Å². The fraction of sp³-hybridized carbons (Fsp3) is 0.455. The van der Waals surface area contributed by atoms with E-state index in [1.807, 2.05) is 4.72 Å². The number of aromatic nitrogens is 1. The molecule has 4 rings (SSSR count). The van der Waals surface area contributed by atoms with Crippen LogP contribution in [0.25, 0.3) is 0 Å². The summed E-state index contributed by atoms with van der Waals surface area (Å²) in [5.41, 5.74) is 1.02. The van der Waals surface area contributed by atoms with Crippen molar-refractivity contribution < 1.29 is 31.1 Å². The van der Waals surface area contributed by atoms with Crippen molar-refractivity contribution in [1.82, 2.24) is 19.9 Å². The number of nitrogens with one attached hydrogen (secondary N) is 2. The molecular formula is C22H25F3N4O4S. The molecule has 2 amide bonds. The van der Waals surface area contributed by atoms with E-state index in [0.29, 0.717) is 11.3 Å². The number of carbonyl (C=O) groups is 1. The van der Waals surface area contributed by atoms with Crippen molar-refractivity contribution in [3.8, 4) is 11.6 Å². The Kier molecular flexibility index (Phi) is 6.23. The number of pyridine rings is 1. The summed E-state index contributed by atoms with van der Waals surface area (Å²) in [4.78, 5) is 18.3. The molecule has 1 unspecified atom stereocenters. The molecule has 0 radical (unpaired) electrons. The van der Waals surface area contributed by atoms with Gasteiger partial charge in [0.15, 0.2) is 11.6 Å². The van der Waals surface area contributed by atoms with E-state index in [1.54, 1.807) is 26.0 Å². The van der Waals surface area contributed by atoms with E-state index in [4.69, 9.17) is 4.74 Å². The highest BCUT2D eigenvalue weighted by Crippen LogP contribution is 2.37. The van der Waals surface area contributed by atoms with Gasteiger partial charge in [-0.3, -0.25) is 0 Å². The maximum atomic E-state index is 15.4. The minimum absolute atomic E-state index is 0.000186. The molecule has 1 saturated heterocycles. The highest BCUT2D eigenvalue weighted by molar-refractivity contribution is 7.89. The van der Waals surface area contributed by atoms with E-state index < -0.39 is 58.2 Å². The second kappa shape index (κ2) is 8.73. The third-order valence-corrected chi connectivity index (χ3v) is 7.48. The molecule has 1 aromatic heterocycles. The van der Waals surface area contributed by atoms with Crippen LogP contribution in [0, 0.1) is 12.7 Å². The van der Waals surface area contributed by atoms with Gasteiger partial charge in [-0.15, -0.1) is 0 Å². The average molecular weight is 499 g/mol. The average Bonchev–Trinajstić information content (AvgIpc) is 3.01. The smallest absolute Gasteiger partial charge is 0.318 e. The molecule has 1 aromatic carbocycles. The number of carbonyl (C=O) groups excluding carboxylic acids is 1. The predicted octanol–water partition coefficient (Wildman–Crippen LogP) is 3.28. The van der Waals surface area contributed by atoms with Crippen LogP contribution in [-0.2, 0) is 16.4 Å². The SMILES string of the molecule is CCS(=O)(=O)N[C@@H]1[C@@H]2Cc3cccc(c3F)Oc3nc(ccc3C)C(C)NC(=O)N2CC1(F)F. The summed E-state index contributed by atoms with van der Waals surface area (Å²) in [5.74, 6) is -4.81.